The SMILES string of the molecule is C[C@@H]1CCN(C(=O)c2cnn(C)c2)C[C@@H]1c1ncc2cnc3[nH]ccc3n12.C[C@H]1CCN(C(=O)c2cnn(C)c2)C[C@H]1c1ncc2cnc3[nH]ccc3n12. The van der Waals surface area contributed by atoms with Gasteiger partial charge in [-0.3, -0.25) is 27.8 Å². The maximum atomic E-state index is 12.9. The van der Waals surface area contributed by atoms with E-state index in [1.165, 1.54) is 0 Å². The van der Waals surface area contributed by atoms with E-state index in [1.807, 2.05) is 73.2 Å². The number of amides is 2. The van der Waals surface area contributed by atoms with Crippen molar-refractivity contribution in [2.24, 2.45) is 25.9 Å². The molecule has 54 heavy (non-hydrogen) atoms. The Hall–Kier alpha value is -6.32. The lowest BCUT2D eigenvalue weighted by atomic mass is 9.86. The van der Waals surface area contributed by atoms with Gasteiger partial charge in [0.25, 0.3) is 11.8 Å². The number of imidazole rings is 2. The molecule has 0 aliphatic carbocycles. The quantitative estimate of drug-likeness (QED) is 0.269. The van der Waals surface area contributed by atoms with Gasteiger partial charge >= 0.3 is 0 Å². The number of rotatable bonds is 4. The van der Waals surface area contributed by atoms with Crippen LogP contribution in [0.1, 0.15) is 70.9 Å². The molecule has 2 aliphatic heterocycles. The number of hydrogen-bond acceptors (Lipinski definition) is 8. The summed E-state index contributed by atoms with van der Waals surface area (Å²) in [5.74, 6) is 3.28. The Kier molecular flexibility index (Phi) is 8.23. The molecule has 8 aromatic rings. The normalized spacial score (nSPS) is 20.6. The van der Waals surface area contributed by atoms with Gasteiger partial charge in [0.2, 0.25) is 0 Å². The van der Waals surface area contributed by atoms with Crippen LogP contribution in [0.25, 0.3) is 33.4 Å². The Labute approximate surface area is 309 Å². The predicted molar refractivity (Wildman–Crippen MR) is 201 cm³/mol. The number of fused-ring (bicyclic) bond motifs is 6. The highest BCUT2D eigenvalue weighted by Crippen LogP contribution is 2.35. The van der Waals surface area contributed by atoms with Gasteiger partial charge in [0.15, 0.2) is 11.3 Å². The second-order valence-electron chi connectivity index (χ2n) is 14.7. The fourth-order valence-corrected chi connectivity index (χ4v) is 8.13. The average molecular weight is 727 g/mol. The molecule has 0 bridgehead atoms. The zero-order valence-corrected chi connectivity index (χ0v) is 30.7. The highest BCUT2D eigenvalue weighted by Gasteiger charge is 2.35. The van der Waals surface area contributed by atoms with Gasteiger partial charge < -0.3 is 19.8 Å². The summed E-state index contributed by atoms with van der Waals surface area (Å²) in [6.45, 7) is 7.32. The maximum Gasteiger partial charge on any atom is 0.257 e. The number of carbonyl (C=O) groups is 2. The summed E-state index contributed by atoms with van der Waals surface area (Å²) in [5, 5.41) is 8.26. The minimum atomic E-state index is 0.0364. The molecule has 4 atom stereocenters. The van der Waals surface area contributed by atoms with Crippen molar-refractivity contribution >= 4 is 45.2 Å². The number of nitrogens with zero attached hydrogens (tertiary/aromatic N) is 12. The number of likely N-dealkylation sites (tertiary alicyclic amines) is 2. The molecule has 2 amide bonds. The third kappa shape index (κ3) is 5.77. The van der Waals surface area contributed by atoms with E-state index in [4.69, 9.17) is 9.97 Å². The van der Waals surface area contributed by atoms with E-state index >= 15 is 0 Å². The van der Waals surface area contributed by atoms with Gasteiger partial charge in [-0.25, -0.2) is 19.9 Å². The molecule has 0 saturated carbocycles. The van der Waals surface area contributed by atoms with Crippen molar-refractivity contribution in [2.75, 3.05) is 26.2 Å². The van der Waals surface area contributed by atoms with Gasteiger partial charge in [0.05, 0.1) is 70.4 Å². The summed E-state index contributed by atoms with van der Waals surface area (Å²) < 4.78 is 7.65. The first kappa shape index (κ1) is 33.5. The topological polar surface area (TPSA) is 168 Å². The molecule has 276 valence electrons. The van der Waals surface area contributed by atoms with Crippen LogP contribution in [0.2, 0.25) is 0 Å². The van der Waals surface area contributed by atoms with E-state index in [0.717, 1.165) is 70.9 Å². The molecule has 2 fully saturated rings. The van der Waals surface area contributed by atoms with E-state index in [0.29, 0.717) is 36.1 Å². The number of carbonyl (C=O) groups excluding carboxylic acids is 2. The third-order valence-corrected chi connectivity index (χ3v) is 11.2. The van der Waals surface area contributed by atoms with Crippen LogP contribution in [0.5, 0.6) is 0 Å². The van der Waals surface area contributed by atoms with Crippen molar-refractivity contribution in [3.63, 3.8) is 0 Å². The Morgan fingerprint density at radius 2 is 1.06 bits per heavy atom. The minimum absolute atomic E-state index is 0.0364. The Morgan fingerprint density at radius 3 is 1.46 bits per heavy atom. The van der Waals surface area contributed by atoms with Crippen LogP contribution in [0.3, 0.4) is 0 Å². The molecule has 0 unspecified atom stereocenters. The second kappa shape index (κ2) is 13.3. The van der Waals surface area contributed by atoms with Crippen molar-refractivity contribution in [1.82, 2.24) is 68.1 Å². The molecule has 0 spiro atoms. The molecule has 2 N–H and O–H groups in total. The highest BCUT2D eigenvalue weighted by molar-refractivity contribution is 5.94. The monoisotopic (exact) mass is 726 g/mol. The first-order valence-corrected chi connectivity index (χ1v) is 18.4. The van der Waals surface area contributed by atoms with Gasteiger partial charge in [-0.2, -0.15) is 10.2 Å². The van der Waals surface area contributed by atoms with Crippen LogP contribution in [0.15, 0.2) is 74.1 Å². The lowest BCUT2D eigenvalue weighted by Gasteiger charge is -2.36. The van der Waals surface area contributed by atoms with E-state index in [-0.39, 0.29) is 23.7 Å². The van der Waals surface area contributed by atoms with Crippen LogP contribution >= 0.6 is 0 Å². The highest BCUT2D eigenvalue weighted by atomic mass is 16.2. The van der Waals surface area contributed by atoms with Gasteiger partial charge in [-0.05, 0) is 36.8 Å². The Bertz CT molecular complexity index is 2460. The molecule has 2 saturated heterocycles. The largest absolute Gasteiger partial charge is 0.345 e. The van der Waals surface area contributed by atoms with Crippen molar-refractivity contribution in [3.05, 3.63) is 96.9 Å². The Balaban J connectivity index is 0.000000142. The number of aryl methyl sites for hydroxylation is 2. The number of piperidine rings is 2. The number of nitrogens with one attached hydrogen (secondary N) is 2. The van der Waals surface area contributed by atoms with Crippen molar-refractivity contribution in [3.8, 4) is 0 Å². The lowest BCUT2D eigenvalue weighted by Crippen LogP contribution is -2.42. The number of H-pyrrole nitrogens is 2. The molecule has 16 heteroatoms. The van der Waals surface area contributed by atoms with Gasteiger partial charge in [0.1, 0.15) is 11.6 Å². The molecule has 10 heterocycles. The number of hydrogen-bond donors (Lipinski definition) is 2. The first-order chi connectivity index (χ1) is 26.2. The first-order valence-electron chi connectivity index (χ1n) is 18.4. The standard InChI is InChI=1S/2C19H21N7O/c2*1-12-4-6-25(19(27)13-7-23-24(2)10-13)11-15(12)18-22-9-14-8-21-17-16(26(14)18)3-5-20-17/h2*3,5,7-10,12,15,20H,4,6,11H2,1-2H3/t2*12-,15+/m10/s1. The molecule has 0 aromatic carbocycles. The summed E-state index contributed by atoms with van der Waals surface area (Å²) in [7, 11) is 3.65. The molecule has 8 aromatic heterocycles. The van der Waals surface area contributed by atoms with Crippen LogP contribution in [0, 0.1) is 11.8 Å². The smallest absolute Gasteiger partial charge is 0.257 e. The second-order valence-corrected chi connectivity index (χ2v) is 14.7. The molecule has 16 nitrogen and oxygen atoms in total. The zero-order chi connectivity index (χ0) is 37.1. The predicted octanol–water partition coefficient (Wildman–Crippen LogP) is 4.42. The molecule has 0 radical (unpaired) electrons. The molecular formula is C38H42N14O2. The summed E-state index contributed by atoms with van der Waals surface area (Å²) in [4.78, 5) is 54.3. The molecule has 2 aliphatic rings. The van der Waals surface area contributed by atoms with E-state index in [2.05, 4.69) is 52.8 Å². The maximum absolute atomic E-state index is 12.9. The summed E-state index contributed by atoms with van der Waals surface area (Å²) in [6.07, 6.45) is 19.9. The van der Waals surface area contributed by atoms with E-state index in [1.54, 1.807) is 34.2 Å². The molecule has 10 rings (SSSR count). The molecular weight excluding hydrogens is 685 g/mol. The van der Waals surface area contributed by atoms with Crippen LogP contribution in [0.4, 0.5) is 0 Å². The third-order valence-electron chi connectivity index (χ3n) is 11.2. The van der Waals surface area contributed by atoms with Gasteiger partial charge in [-0.15, -0.1) is 0 Å². The van der Waals surface area contributed by atoms with Crippen molar-refractivity contribution < 1.29 is 9.59 Å². The Morgan fingerprint density at radius 1 is 0.630 bits per heavy atom. The number of aromatic amines is 2. The van der Waals surface area contributed by atoms with Crippen molar-refractivity contribution in [2.45, 2.75) is 38.5 Å². The van der Waals surface area contributed by atoms with Crippen molar-refractivity contribution in [1.29, 1.82) is 0 Å². The van der Waals surface area contributed by atoms with E-state index < -0.39 is 0 Å². The minimum Gasteiger partial charge on any atom is -0.345 e. The lowest BCUT2D eigenvalue weighted by molar-refractivity contribution is 0.0657. The summed E-state index contributed by atoms with van der Waals surface area (Å²) in [5.41, 5.74) is 6.93. The summed E-state index contributed by atoms with van der Waals surface area (Å²) >= 11 is 0. The van der Waals surface area contributed by atoms with E-state index in [9.17, 15) is 9.59 Å². The average Bonchev–Trinajstić information content (AvgIpc) is 4.03. The summed E-state index contributed by atoms with van der Waals surface area (Å²) in [6, 6.07) is 4.04. The van der Waals surface area contributed by atoms with Gasteiger partial charge in [0, 0.05) is 76.9 Å². The zero-order valence-electron chi connectivity index (χ0n) is 30.7. The van der Waals surface area contributed by atoms with Crippen LogP contribution in [-0.2, 0) is 14.1 Å². The fourth-order valence-electron chi connectivity index (χ4n) is 8.13. The van der Waals surface area contributed by atoms with Gasteiger partial charge in [-0.1, -0.05) is 13.8 Å². The van der Waals surface area contributed by atoms with Crippen LogP contribution < -0.4 is 0 Å². The van der Waals surface area contributed by atoms with Crippen LogP contribution in [-0.4, -0.2) is 106 Å². The number of aromatic nitrogens is 12. The fraction of sp³-hybridized carbons (Fsp3) is 0.368.